The molecule has 0 aromatic carbocycles. The Labute approximate surface area is 142 Å². The van der Waals surface area contributed by atoms with Crippen molar-refractivity contribution in [3.05, 3.63) is 39.8 Å². The second kappa shape index (κ2) is 8.06. The monoisotopic (exact) mass is 334 g/mol. The first-order chi connectivity index (χ1) is 11.3. The van der Waals surface area contributed by atoms with Crippen LogP contribution in [0.5, 0.6) is 0 Å². The summed E-state index contributed by atoms with van der Waals surface area (Å²) >= 11 is 1.90. The summed E-state index contributed by atoms with van der Waals surface area (Å²) in [5.41, 5.74) is 1.25. The van der Waals surface area contributed by atoms with Gasteiger partial charge in [-0.2, -0.15) is 5.10 Å². The third-order valence-electron chi connectivity index (χ3n) is 4.25. The zero-order valence-electron chi connectivity index (χ0n) is 14.0. The molecule has 1 aliphatic heterocycles. The van der Waals surface area contributed by atoms with Crippen LogP contribution in [0.15, 0.2) is 24.5 Å². The Balaban J connectivity index is 1.61. The van der Waals surface area contributed by atoms with Gasteiger partial charge in [-0.15, -0.1) is 11.3 Å². The molecule has 0 aliphatic carbocycles. The van der Waals surface area contributed by atoms with E-state index in [1.165, 1.54) is 15.3 Å². The normalized spacial score (nSPS) is 17.5. The van der Waals surface area contributed by atoms with Crippen molar-refractivity contribution in [2.24, 2.45) is 0 Å². The molecule has 0 bridgehead atoms. The molecule has 23 heavy (non-hydrogen) atoms. The fourth-order valence-electron chi connectivity index (χ4n) is 2.96. The van der Waals surface area contributed by atoms with E-state index in [4.69, 9.17) is 4.74 Å². The van der Waals surface area contributed by atoms with E-state index >= 15 is 0 Å². The quantitative estimate of drug-likeness (QED) is 0.844. The number of hydrogen-bond acceptors (Lipinski definition) is 5. The summed E-state index contributed by atoms with van der Waals surface area (Å²) in [6, 6.07) is 4.93. The lowest BCUT2D eigenvalue weighted by atomic mass is 10.2. The minimum absolute atomic E-state index is 0.429. The first-order valence-electron chi connectivity index (χ1n) is 8.36. The van der Waals surface area contributed by atoms with Crippen LogP contribution in [0.2, 0.25) is 0 Å². The smallest absolute Gasteiger partial charge is 0.0594 e. The molecular weight excluding hydrogens is 308 g/mol. The van der Waals surface area contributed by atoms with Crippen molar-refractivity contribution < 1.29 is 4.74 Å². The van der Waals surface area contributed by atoms with Gasteiger partial charge in [0.2, 0.25) is 0 Å². The second-order valence-electron chi connectivity index (χ2n) is 5.95. The van der Waals surface area contributed by atoms with Gasteiger partial charge in [0.1, 0.15) is 0 Å². The summed E-state index contributed by atoms with van der Waals surface area (Å²) < 4.78 is 7.48. The van der Waals surface area contributed by atoms with Crippen molar-refractivity contribution in [2.45, 2.75) is 33.0 Å². The Bertz CT molecular complexity index is 603. The molecule has 1 atom stereocenters. The number of hydrogen-bond donors (Lipinski definition) is 1. The average Bonchev–Trinajstić information content (AvgIpc) is 3.21. The highest BCUT2D eigenvalue weighted by Gasteiger charge is 2.23. The SMILES string of the molecule is CCn1cc(CNC[C@@H](c2ccc(C)s2)N2CCOCC2)cn1. The van der Waals surface area contributed by atoms with Crippen LogP contribution in [0, 0.1) is 6.92 Å². The van der Waals surface area contributed by atoms with Crippen molar-refractivity contribution in [3.63, 3.8) is 0 Å². The first-order valence-corrected chi connectivity index (χ1v) is 9.18. The molecule has 0 saturated carbocycles. The molecule has 0 unspecified atom stereocenters. The molecule has 1 N–H and O–H groups in total. The molecule has 0 radical (unpaired) electrons. The van der Waals surface area contributed by atoms with Crippen molar-refractivity contribution >= 4 is 11.3 Å². The Morgan fingerprint density at radius 3 is 2.83 bits per heavy atom. The molecule has 5 nitrogen and oxygen atoms in total. The van der Waals surface area contributed by atoms with Gasteiger partial charge >= 0.3 is 0 Å². The molecule has 2 aromatic heterocycles. The van der Waals surface area contributed by atoms with Crippen LogP contribution in [0.4, 0.5) is 0 Å². The summed E-state index contributed by atoms with van der Waals surface area (Å²) in [7, 11) is 0. The summed E-state index contributed by atoms with van der Waals surface area (Å²) in [4.78, 5) is 5.36. The summed E-state index contributed by atoms with van der Waals surface area (Å²) in [6.07, 6.45) is 4.07. The maximum absolute atomic E-state index is 5.51. The van der Waals surface area contributed by atoms with Gasteiger partial charge in [-0.05, 0) is 26.0 Å². The van der Waals surface area contributed by atoms with Gasteiger partial charge < -0.3 is 10.1 Å². The van der Waals surface area contributed by atoms with E-state index in [1.807, 2.05) is 22.2 Å². The zero-order chi connectivity index (χ0) is 16.1. The number of aryl methyl sites for hydroxylation is 2. The fourth-order valence-corrected chi connectivity index (χ4v) is 3.97. The van der Waals surface area contributed by atoms with Crippen molar-refractivity contribution in [1.82, 2.24) is 20.0 Å². The van der Waals surface area contributed by atoms with Crippen molar-refractivity contribution in [3.8, 4) is 0 Å². The van der Waals surface area contributed by atoms with Gasteiger partial charge in [0.15, 0.2) is 0 Å². The molecule has 1 saturated heterocycles. The van der Waals surface area contributed by atoms with Gasteiger partial charge in [-0.1, -0.05) is 0 Å². The second-order valence-corrected chi connectivity index (χ2v) is 7.27. The van der Waals surface area contributed by atoms with Gasteiger partial charge in [0.05, 0.1) is 25.5 Å². The third kappa shape index (κ3) is 4.41. The zero-order valence-corrected chi connectivity index (χ0v) is 14.8. The molecule has 0 spiro atoms. The molecule has 6 heteroatoms. The predicted octanol–water partition coefficient (Wildman–Crippen LogP) is 2.44. The van der Waals surface area contributed by atoms with E-state index in [9.17, 15) is 0 Å². The van der Waals surface area contributed by atoms with Crippen LogP contribution in [-0.2, 0) is 17.8 Å². The number of rotatable bonds is 7. The molecule has 2 aromatic rings. The number of morpholine rings is 1. The van der Waals surface area contributed by atoms with E-state index in [-0.39, 0.29) is 0 Å². The fraction of sp³-hybridized carbons (Fsp3) is 0.588. The molecule has 0 amide bonds. The number of nitrogens with one attached hydrogen (secondary N) is 1. The first kappa shape index (κ1) is 16.6. The maximum atomic E-state index is 5.51. The van der Waals surface area contributed by atoms with E-state index < -0.39 is 0 Å². The van der Waals surface area contributed by atoms with Crippen LogP contribution in [0.3, 0.4) is 0 Å². The van der Waals surface area contributed by atoms with Crippen molar-refractivity contribution in [1.29, 1.82) is 0 Å². The number of ether oxygens (including phenoxy) is 1. The largest absolute Gasteiger partial charge is 0.379 e. The molecule has 126 valence electrons. The number of nitrogens with zero attached hydrogens (tertiary/aromatic N) is 3. The Morgan fingerprint density at radius 2 is 2.17 bits per heavy atom. The molecule has 1 aliphatic rings. The average molecular weight is 334 g/mol. The lowest BCUT2D eigenvalue weighted by Crippen LogP contribution is -2.42. The molecule has 1 fully saturated rings. The highest BCUT2D eigenvalue weighted by Crippen LogP contribution is 2.27. The van der Waals surface area contributed by atoms with Crippen LogP contribution >= 0.6 is 11.3 Å². The standard InChI is InChI=1S/C17H26N4OS/c1-3-21-13-15(11-19-21)10-18-12-16(17-5-4-14(2)23-17)20-6-8-22-9-7-20/h4-5,11,13,16,18H,3,6-10,12H2,1-2H3/t16-/m0/s1. The van der Waals surface area contributed by atoms with Gasteiger partial charge in [0, 0.05) is 54.2 Å². The van der Waals surface area contributed by atoms with E-state index in [0.29, 0.717) is 6.04 Å². The summed E-state index contributed by atoms with van der Waals surface area (Å²) in [5, 5.41) is 7.95. The predicted molar refractivity (Wildman–Crippen MR) is 93.8 cm³/mol. The van der Waals surface area contributed by atoms with Crippen molar-refractivity contribution in [2.75, 3.05) is 32.8 Å². The Kier molecular flexibility index (Phi) is 5.83. The van der Waals surface area contributed by atoms with E-state index in [0.717, 1.165) is 45.9 Å². The maximum Gasteiger partial charge on any atom is 0.0594 e. The van der Waals surface area contributed by atoms with Gasteiger partial charge in [-0.3, -0.25) is 9.58 Å². The topological polar surface area (TPSA) is 42.3 Å². The third-order valence-corrected chi connectivity index (χ3v) is 5.36. The summed E-state index contributed by atoms with van der Waals surface area (Å²) in [6.45, 7) is 10.7. The van der Waals surface area contributed by atoms with Crippen LogP contribution in [0.1, 0.15) is 28.3 Å². The Morgan fingerprint density at radius 1 is 1.35 bits per heavy atom. The summed E-state index contributed by atoms with van der Waals surface area (Å²) in [5.74, 6) is 0. The van der Waals surface area contributed by atoms with Crippen LogP contribution < -0.4 is 5.32 Å². The van der Waals surface area contributed by atoms with E-state index in [1.54, 1.807) is 0 Å². The lowest BCUT2D eigenvalue weighted by molar-refractivity contribution is 0.0168. The Hall–Kier alpha value is -1.21. The number of thiophene rings is 1. The van der Waals surface area contributed by atoms with Crippen LogP contribution in [-0.4, -0.2) is 47.5 Å². The minimum Gasteiger partial charge on any atom is -0.379 e. The van der Waals surface area contributed by atoms with Gasteiger partial charge in [-0.25, -0.2) is 0 Å². The van der Waals surface area contributed by atoms with Gasteiger partial charge in [0.25, 0.3) is 0 Å². The highest BCUT2D eigenvalue weighted by molar-refractivity contribution is 7.12. The highest BCUT2D eigenvalue weighted by atomic mass is 32.1. The molecule has 3 rings (SSSR count). The number of aromatic nitrogens is 2. The minimum atomic E-state index is 0.429. The molecule has 3 heterocycles. The lowest BCUT2D eigenvalue weighted by Gasteiger charge is -2.34. The molecular formula is C17H26N4OS. The van der Waals surface area contributed by atoms with E-state index in [2.05, 4.69) is 47.5 Å². The van der Waals surface area contributed by atoms with Crippen LogP contribution in [0.25, 0.3) is 0 Å².